The number of nitrogens with zero attached hydrogens (tertiary/aromatic N) is 2. The predicted molar refractivity (Wildman–Crippen MR) is 61.3 cm³/mol. The number of nitrogens with one attached hydrogen (secondary N) is 1. The SMILES string of the molecule is CCN(C)C(=O)NCc1ccnc(OC)c1. The van der Waals surface area contributed by atoms with Gasteiger partial charge >= 0.3 is 6.03 Å². The maximum absolute atomic E-state index is 11.5. The molecule has 0 radical (unpaired) electrons. The highest BCUT2D eigenvalue weighted by Gasteiger charge is 2.05. The van der Waals surface area contributed by atoms with Crippen molar-refractivity contribution in [1.82, 2.24) is 15.2 Å². The lowest BCUT2D eigenvalue weighted by Gasteiger charge is -2.15. The molecule has 0 aromatic carbocycles. The summed E-state index contributed by atoms with van der Waals surface area (Å²) in [5.74, 6) is 0.551. The lowest BCUT2D eigenvalue weighted by Crippen LogP contribution is -2.36. The number of hydrogen-bond donors (Lipinski definition) is 1. The summed E-state index contributed by atoms with van der Waals surface area (Å²) < 4.78 is 5.00. The fourth-order valence-corrected chi connectivity index (χ4v) is 1.13. The molecule has 0 fully saturated rings. The minimum atomic E-state index is -0.0849. The van der Waals surface area contributed by atoms with E-state index in [1.165, 1.54) is 0 Å². The van der Waals surface area contributed by atoms with Crippen molar-refractivity contribution in [2.75, 3.05) is 20.7 Å². The number of pyridine rings is 1. The summed E-state index contributed by atoms with van der Waals surface area (Å²) in [7, 11) is 3.32. The van der Waals surface area contributed by atoms with Crippen LogP contribution in [0, 0.1) is 0 Å². The Morgan fingerprint density at radius 2 is 2.38 bits per heavy atom. The standard InChI is InChI=1S/C11H17N3O2/c1-4-14(2)11(15)13-8-9-5-6-12-10(7-9)16-3/h5-7H,4,8H2,1-3H3,(H,13,15). The van der Waals surface area contributed by atoms with Crippen LogP contribution in [0.2, 0.25) is 0 Å². The van der Waals surface area contributed by atoms with E-state index in [0.29, 0.717) is 19.0 Å². The maximum atomic E-state index is 11.5. The lowest BCUT2D eigenvalue weighted by molar-refractivity contribution is 0.210. The number of aromatic nitrogens is 1. The summed E-state index contributed by atoms with van der Waals surface area (Å²) in [6.07, 6.45) is 1.66. The molecule has 0 aliphatic rings. The van der Waals surface area contributed by atoms with E-state index >= 15 is 0 Å². The van der Waals surface area contributed by atoms with Crippen LogP contribution in [0.5, 0.6) is 5.88 Å². The second-order valence-electron chi connectivity index (χ2n) is 3.38. The van der Waals surface area contributed by atoms with Crippen LogP contribution in [0.3, 0.4) is 0 Å². The van der Waals surface area contributed by atoms with E-state index in [1.54, 1.807) is 31.3 Å². The van der Waals surface area contributed by atoms with Gasteiger partial charge in [0.15, 0.2) is 0 Å². The van der Waals surface area contributed by atoms with E-state index in [-0.39, 0.29) is 6.03 Å². The highest BCUT2D eigenvalue weighted by Crippen LogP contribution is 2.07. The second kappa shape index (κ2) is 5.95. The first-order valence-electron chi connectivity index (χ1n) is 5.15. The molecule has 0 atom stereocenters. The van der Waals surface area contributed by atoms with Crippen molar-refractivity contribution < 1.29 is 9.53 Å². The molecule has 1 aromatic rings. The number of methoxy groups -OCH3 is 1. The van der Waals surface area contributed by atoms with Crippen molar-refractivity contribution in [2.45, 2.75) is 13.5 Å². The fourth-order valence-electron chi connectivity index (χ4n) is 1.13. The van der Waals surface area contributed by atoms with Crippen LogP contribution >= 0.6 is 0 Å². The second-order valence-corrected chi connectivity index (χ2v) is 3.38. The number of rotatable bonds is 4. The van der Waals surface area contributed by atoms with E-state index in [4.69, 9.17) is 4.74 Å². The quantitative estimate of drug-likeness (QED) is 0.835. The first-order chi connectivity index (χ1) is 7.67. The molecule has 0 saturated heterocycles. The molecule has 1 aromatic heterocycles. The van der Waals surface area contributed by atoms with Gasteiger partial charge in [-0.15, -0.1) is 0 Å². The van der Waals surface area contributed by atoms with Gasteiger partial charge in [0, 0.05) is 32.4 Å². The highest BCUT2D eigenvalue weighted by atomic mass is 16.5. The lowest BCUT2D eigenvalue weighted by atomic mass is 10.2. The first kappa shape index (κ1) is 12.3. The maximum Gasteiger partial charge on any atom is 0.317 e. The van der Waals surface area contributed by atoms with Gasteiger partial charge in [0.25, 0.3) is 0 Å². The van der Waals surface area contributed by atoms with Crippen LogP contribution in [0.25, 0.3) is 0 Å². The Morgan fingerprint density at radius 1 is 1.62 bits per heavy atom. The van der Waals surface area contributed by atoms with Crippen LogP contribution in [-0.2, 0) is 6.54 Å². The molecule has 0 unspecified atom stereocenters. The summed E-state index contributed by atoms with van der Waals surface area (Å²) in [5.41, 5.74) is 0.963. The number of carbonyl (C=O) groups is 1. The van der Waals surface area contributed by atoms with Gasteiger partial charge in [-0.3, -0.25) is 0 Å². The molecular formula is C11H17N3O2. The minimum absolute atomic E-state index is 0.0849. The van der Waals surface area contributed by atoms with Crippen LogP contribution in [0.15, 0.2) is 18.3 Å². The molecule has 1 rings (SSSR count). The molecule has 0 spiro atoms. The number of urea groups is 1. The van der Waals surface area contributed by atoms with Crippen LogP contribution in [0.1, 0.15) is 12.5 Å². The Hall–Kier alpha value is -1.78. The van der Waals surface area contributed by atoms with Crippen LogP contribution < -0.4 is 10.1 Å². The number of hydrogen-bond acceptors (Lipinski definition) is 3. The molecule has 88 valence electrons. The molecule has 0 saturated carbocycles. The third kappa shape index (κ3) is 3.42. The smallest absolute Gasteiger partial charge is 0.317 e. The van der Waals surface area contributed by atoms with E-state index < -0.39 is 0 Å². The van der Waals surface area contributed by atoms with Crippen molar-refractivity contribution >= 4 is 6.03 Å². The average molecular weight is 223 g/mol. The largest absolute Gasteiger partial charge is 0.481 e. The normalized spacial score (nSPS) is 9.69. The van der Waals surface area contributed by atoms with E-state index in [9.17, 15) is 4.79 Å². The first-order valence-corrected chi connectivity index (χ1v) is 5.15. The van der Waals surface area contributed by atoms with Crippen molar-refractivity contribution in [3.63, 3.8) is 0 Å². The summed E-state index contributed by atoms with van der Waals surface area (Å²) in [6, 6.07) is 3.55. The molecule has 1 heterocycles. The van der Waals surface area contributed by atoms with Crippen molar-refractivity contribution in [2.24, 2.45) is 0 Å². The van der Waals surface area contributed by atoms with Gasteiger partial charge in [-0.1, -0.05) is 0 Å². The van der Waals surface area contributed by atoms with Crippen molar-refractivity contribution in [1.29, 1.82) is 0 Å². The van der Waals surface area contributed by atoms with Crippen LogP contribution in [0.4, 0.5) is 4.79 Å². The van der Waals surface area contributed by atoms with Gasteiger partial charge < -0.3 is 15.0 Å². The van der Waals surface area contributed by atoms with Gasteiger partial charge in [0.05, 0.1) is 7.11 Å². The molecule has 2 amide bonds. The number of carbonyl (C=O) groups excluding carboxylic acids is 1. The number of ether oxygens (including phenoxy) is 1. The highest BCUT2D eigenvalue weighted by molar-refractivity contribution is 5.73. The summed E-state index contributed by atoms with van der Waals surface area (Å²) >= 11 is 0. The van der Waals surface area contributed by atoms with Gasteiger partial charge in [-0.25, -0.2) is 9.78 Å². The summed E-state index contributed by atoms with van der Waals surface area (Å²) in [5, 5.41) is 2.80. The summed E-state index contributed by atoms with van der Waals surface area (Å²) in [4.78, 5) is 17.1. The predicted octanol–water partition coefficient (Wildman–Crippen LogP) is 1.25. The molecule has 5 nitrogen and oxygen atoms in total. The fraction of sp³-hybridized carbons (Fsp3) is 0.455. The van der Waals surface area contributed by atoms with Crippen LogP contribution in [-0.4, -0.2) is 36.6 Å². The molecule has 0 bridgehead atoms. The van der Waals surface area contributed by atoms with E-state index in [0.717, 1.165) is 5.56 Å². The molecular weight excluding hydrogens is 206 g/mol. The number of amides is 2. The Balaban J connectivity index is 2.51. The molecule has 1 N–H and O–H groups in total. The van der Waals surface area contributed by atoms with E-state index in [1.807, 2.05) is 13.0 Å². The van der Waals surface area contributed by atoms with Crippen molar-refractivity contribution in [3.05, 3.63) is 23.9 Å². The third-order valence-electron chi connectivity index (χ3n) is 2.27. The Morgan fingerprint density at radius 3 is 3.00 bits per heavy atom. The van der Waals surface area contributed by atoms with Gasteiger partial charge in [-0.05, 0) is 18.6 Å². The Bertz CT molecular complexity index is 355. The van der Waals surface area contributed by atoms with Gasteiger partial charge in [0.1, 0.15) is 0 Å². The molecule has 0 aliphatic heterocycles. The Labute approximate surface area is 95.4 Å². The van der Waals surface area contributed by atoms with Crippen molar-refractivity contribution in [3.8, 4) is 5.88 Å². The van der Waals surface area contributed by atoms with Gasteiger partial charge in [0.2, 0.25) is 5.88 Å². The molecule has 5 heteroatoms. The average Bonchev–Trinajstić information content (AvgIpc) is 2.35. The Kier molecular flexibility index (Phi) is 4.57. The summed E-state index contributed by atoms with van der Waals surface area (Å²) in [6.45, 7) is 3.09. The zero-order valence-electron chi connectivity index (χ0n) is 9.86. The molecule has 16 heavy (non-hydrogen) atoms. The topological polar surface area (TPSA) is 54.5 Å². The zero-order chi connectivity index (χ0) is 12.0. The van der Waals surface area contributed by atoms with Gasteiger partial charge in [-0.2, -0.15) is 0 Å². The van der Waals surface area contributed by atoms with E-state index in [2.05, 4.69) is 10.3 Å². The molecule has 0 aliphatic carbocycles. The zero-order valence-corrected chi connectivity index (χ0v) is 9.86. The third-order valence-corrected chi connectivity index (χ3v) is 2.27. The minimum Gasteiger partial charge on any atom is -0.481 e. The monoisotopic (exact) mass is 223 g/mol.